The lowest BCUT2D eigenvalue weighted by Gasteiger charge is -2.38. The number of rotatable bonds is 13. The first kappa shape index (κ1) is 32.5. The molecule has 3 fully saturated rings. The van der Waals surface area contributed by atoms with Crippen LogP contribution in [0.3, 0.4) is 0 Å². The maximum Gasteiger partial charge on any atom is 0.251 e. The summed E-state index contributed by atoms with van der Waals surface area (Å²) in [5.74, 6) is -1.54. The molecule has 0 aromatic heterocycles. The number of aliphatic hydroxyl groups excluding tert-OH is 1. The number of carbonyl (C=O) groups is 3. The molecule has 1 N–H and O–H groups in total. The highest BCUT2D eigenvalue weighted by atomic mass is 79.9. The Morgan fingerprint density at radius 1 is 1.09 bits per heavy atom. The summed E-state index contributed by atoms with van der Waals surface area (Å²) >= 11 is 5.54. The molecule has 234 valence electrons. The second-order valence-corrected chi connectivity index (χ2v) is 14.9. The minimum absolute atomic E-state index is 0.0116. The number of fused-ring (bicyclic) bond motifs is 1. The smallest absolute Gasteiger partial charge is 0.251 e. The fourth-order valence-electron chi connectivity index (χ4n) is 7.32. The number of unbranched alkanes of at least 4 members (excludes halogenated alkanes) is 1. The summed E-state index contributed by atoms with van der Waals surface area (Å²) in [6.45, 7) is 13.3. The highest BCUT2D eigenvalue weighted by molar-refractivity contribution is 9.09. The standard InChI is InChI=1S/C35H42BrN3O4S/c1-5-16-37(22-25-12-8-7-9-13-25)32(41)28-29-33(42)39(18-10-11-19-40)31(35(29)21-26(36)30(28)44-35)34(43)38(17-6-2)27-20-23(3)14-15-24(27)4/h5-9,12-15,20,26,28-31,40H,1-2,10-11,16-19,21-22H2,3-4H3/t26?,28-,29+,30-,31?,35?/m1/s1. The zero-order valence-corrected chi connectivity index (χ0v) is 27.9. The minimum Gasteiger partial charge on any atom is -0.396 e. The van der Waals surface area contributed by atoms with Crippen LogP contribution in [0.5, 0.6) is 0 Å². The second kappa shape index (κ2) is 13.6. The number of likely N-dealkylation sites (tertiary alicyclic amines) is 1. The molecule has 0 aliphatic carbocycles. The van der Waals surface area contributed by atoms with E-state index in [0.29, 0.717) is 45.4 Å². The van der Waals surface area contributed by atoms with Gasteiger partial charge in [-0.2, -0.15) is 0 Å². The molecule has 3 aliphatic heterocycles. The van der Waals surface area contributed by atoms with Crippen molar-refractivity contribution in [3.8, 4) is 0 Å². The van der Waals surface area contributed by atoms with Crippen molar-refractivity contribution in [3.63, 3.8) is 0 Å². The Morgan fingerprint density at radius 3 is 2.50 bits per heavy atom. The molecule has 3 aliphatic rings. The Hall–Kier alpha value is -2.88. The van der Waals surface area contributed by atoms with E-state index in [1.807, 2.05) is 62.4 Å². The van der Waals surface area contributed by atoms with Gasteiger partial charge in [-0.3, -0.25) is 14.4 Å². The van der Waals surface area contributed by atoms with E-state index in [1.165, 1.54) is 0 Å². The van der Waals surface area contributed by atoms with Crippen LogP contribution in [0.4, 0.5) is 5.69 Å². The zero-order valence-electron chi connectivity index (χ0n) is 25.5. The molecule has 2 aromatic rings. The van der Waals surface area contributed by atoms with Crippen molar-refractivity contribution in [1.29, 1.82) is 0 Å². The highest BCUT2D eigenvalue weighted by Gasteiger charge is 2.76. The molecule has 3 saturated heterocycles. The number of alkyl halides is 1. The molecule has 3 unspecified atom stereocenters. The van der Waals surface area contributed by atoms with Crippen molar-refractivity contribution in [2.45, 2.75) is 60.5 Å². The van der Waals surface area contributed by atoms with Crippen LogP contribution in [0, 0.1) is 25.7 Å². The zero-order chi connectivity index (χ0) is 31.6. The number of aryl methyl sites for hydroxylation is 2. The van der Waals surface area contributed by atoms with Gasteiger partial charge in [0.05, 0.1) is 16.6 Å². The Labute approximate surface area is 273 Å². The van der Waals surface area contributed by atoms with E-state index in [0.717, 1.165) is 22.4 Å². The summed E-state index contributed by atoms with van der Waals surface area (Å²) in [6.07, 6.45) is 5.16. The summed E-state index contributed by atoms with van der Waals surface area (Å²) in [5, 5.41) is 9.40. The van der Waals surface area contributed by atoms with Gasteiger partial charge in [0.1, 0.15) is 6.04 Å². The molecular weight excluding hydrogens is 638 g/mol. The Morgan fingerprint density at radius 2 is 1.82 bits per heavy atom. The largest absolute Gasteiger partial charge is 0.396 e. The molecule has 0 radical (unpaired) electrons. The van der Waals surface area contributed by atoms with Gasteiger partial charge in [0.15, 0.2) is 0 Å². The first-order valence-electron chi connectivity index (χ1n) is 15.3. The molecule has 9 heteroatoms. The molecule has 7 nitrogen and oxygen atoms in total. The van der Waals surface area contributed by atoms with Crippen molar-refractivity contribution in [1.82, 2.24) is 9.80 Å². The van der Waals surface area contributed by atoms with Gasteiger partial charge in [0.2, 0.25) is 11.8 Å². The fraction of sp³-hybridized carbons (Fsp3) is 0.457. The predicted octanol–water partition coefficient (Wildman–Crippen LogP) is 5.27. The number of amides is 3. The van der Waals surface area contributed by atoms with E-state index in [9.17, 15) is 19.5 Å². The average Bonchev–Trinajstić information content (AvgIpc) is 3.60. The number of hydrogen-bond donors (Lipinski definition) is 1. The van der Waals surface area contributed by atoms with Crippen LogP contribution in [-0.4, -0.2) is 79.7 Å². The summed E-state index contributed by atoms with van der Waals surface area (Å²) in [7, 11) is 0. The number of carbonyl (C=O) groups excluding carboxylic acids is 3. The summed E-state index contributed by atoms with van der Waals surface area (Å²) in [6, 6.07) is 15.1. The van der Waals surface area contributed by atoms with Crippen LogP contribution in [-0.2, 0) is 20.9 Å². The van der Waals surface area contributed by atoms with Crippen LogP contribution in [0.2, 0.25) is 0 Å². The number of anilines is 1. The molecule has 44 heavy (non-hydrogen) atoms. The quantitative estimate of drug-likeness (QED) is 0.177. The summed E-state index contributed by atoms with van der Waals surface area (Å²) < 4.78 is -0.754. The normalized spacial score (nSPS) is 26.9. The van der Waals surface area contributed by atoms with E-state index < -0.39 is 22.6 Å². The van der Waals surface area contributed by atoms with Crippen molar-refractivity contribution >= 4 is 51.1 Å². The molecule has 5 rings (SSSR count). The van der Waals surface area contributed by atoms with Crippen molar-refractivity contribution < 1.29 is 19.5 Å². The Kier molecular flexibility index (Phi) is 10.1. The number of thioether (sulfide) groups is 1. The van der Waals surface area contributed by atoms with Crippen LogP contribution < -0.4 is 4.90 Å². The third kappa shape index (κ3) is 5.79. The number of halogens is 1. The van der Waals surface area contributed by atoms with E-state index in [-0.39, 0.29) is 34.4 Å². The van der Waals surface area contributed by atoms with Crippen LogP contribution in [0.25, 0.3) is 0 Å². The highest BCUT2D eigenvalue weighted by Crippen LogP contribution is 2.68. The molecule has 2 aromatic carbocycles. The predicted molar refractivity (Wildman–Crippen MR) is 181 cm³/mol. The third-order valence-electron chi connectivity index (χ3n) is 9.23. The summed E-state index contributed by atoms with van der Waals surface area (Å²) in [4.78, 5) is 49.1. The number of benzene rings is 2. The lowest BCUT2D eigenvalue weighted by atomic mass is 9.70. The van der Waals surface area contributed by atoms with Crippen LogP contribution in [0.15, 0.2) is 73.8 Å². The molecule has 6 atom stereocenters. The lowest BCUT2D eigenvalue weighted by Crippen LogP contribution is -2.56. The topological polar surface area (TPSA) is 81.2 Å². The van der Waals surface area contributed by atoms with Crippen molar-refractivity contribution in [2.24, 2.45) is 11.8 Å². The number of nitrogens with zero attached hydrogens (tertiary/aromatic N) is 3. The van der Waals surface area contributed by atoms with Gasteiger partial charge in [0.25, 0.3) is 5.91 Å². The molecule has 3 amide bonds. The second-order valence-electron chi connectivity index (χ2n) is 12.1. The number of hydrogen-bond acceptors (Lipinski definition) is 5. The first-order valence-corrected chi connectivity index (χ1v) is 17.1. The fourth-order valence-corrected chi connectivity index (χ4v) is 10.9. The molecule has 0 saturated carbocycles. The van der Waals surface area contributed by atoms with Crippen molar-refractivity contribution in [3.05, 3.63) is 90.5 Å². The SMILES string of the molecule is C=CCN(Cc1ccccc1)C(=O)[C@H]1[C@@H]2SC3(CC2Br)C(C(=O)N(CC=C)c2cc(C)ccc2C)N(CCCCO)C(=O)[C@H]13. The van der Waals surface area contributed by atoms with Gasteiger partial charge in [0, 0.05) is 48.6 Å². The molecule has 1 spiro atoms. The average molecular weight is 681 g/mol. The first-order chi connectivity index (χ1) is 21.2. The van der Waals surface area contributed by atoms with Gasteiger partial charge in [-0.25, -0.2) is 0 Å². The Balaban J connectivity index is 1.56. The molecule has 2 bridgehead atoms. The van der Waals surface area contributed by atoms with Gasteiger partial charge in [-0.05, 0) is 55.9 Å². The summed E-state index contributed by atoms with van der Waals surface area (Å²) in [5.41, 5.74) is 3.81. The van der Waals surface area contributed by atoms with E-state index in [4.69, 9.17) is 0 Å². The number of aliphatic hydroxyl groups is 1. The van der Waals surface area contributed by atoms with E-state index in [2.05, 4.69) is 29.1 Å². The van der Waals surface area contributed by atoms with Gasteiger partial charge < -0.3 is 19.8 Å². The molecular formula is C35H42BrN3O4S. The third-order valence-corrected chi connectivity index (χ3v) is 12.4. The van der Waals surface area contributed by atoms with Crippen LogP contribution in [0.1, 0.15) is 36.0 Å². The van der Waals surface area contributed by atoms with Gasteiger partial charge in [-0.15, -0.1) is 24.9 Å². The maximum absolute atomic E-state index is 14.9. The minimum atomic E-state index is -0.754. The van der Waals surface area contributed by atoms with Gasteiger partial charge in [-0.1, -0.05) is 70.5 Å². The maximum atomic E-state index is 14.9. The van der Waals surface area contributed by atoms with Crippen molar-refractivity contribution in [2.75, 3.05) is 31.1 Å². The Bertz CT molecular complexity index is 1420. The lowest BCUT2D eigenvalue weighted by molar-refractivity contribution is -0.144. The van der Waals surface area contributed by atoms with E-state index in [1.54, 1.807) is 38.6 Å². The van der Waals surface area contributed by atoms with E-state index >= 15 is 0 Å². The van der Waals surface area contributed by atoms with Gasteiger partial charge >= 0.3 is 0 Å². The monoisotopic (exact) mass is 679 g/mol. The van der Waals surface area contributed by atoms with Crippen LogP contribution >= 0.6 is 27.7 Å². The molecule has 3 heterocycles.